The lowest BCUT2D eigenvalue weighted by Gasteiger charge is -2.38. The van der Waals surface area contributed by atoms with E-state index in [9.17, 15) is 14.1 Å². The summed E-state index contributed by atoms with van der Waals surface area (Å²) < 4.78 is 23.2. The highest BCUT2D eigenvalue weighted by molar-refractivity contribution is 7.90. The number of aromatic nitrogens is 2. The number of hydrogen-bond acceptors (Lipinski definition) is 6. The quantitative estimate of drug-likeness (QED) is 0.385. The molecule has 2 heterocycles. The zero-order valence-corrected chi connectivity index (χ0v) is 23.3. The van der Waals surface area contributed by atoms with E-state index >= 15 is 0 Å². The van der Waals surface area contributed by atoms with Gasteiger partial charge in [0.2, 0.25) is 0 Å². The lowest BCUT2D eigenvalue weighted by Crippen LogP contribution is -2.46. The van der Waals surface area contributed by atoms with Crippen molar-refractivity contribution in [3.05, 3.63) is 68.8 Å². The first-order valence-corrected chi connectivity index (χ1v) is 13.6. The van der Waals surface area contributed by atoms with Crippen LogP contribution in [0.4, 0.5) is 0 Å². The van der Waals surface area contributed by atoms with Crippen molar-refractivity contribution in [2.45, 2.75) is 44.4 Å². The summed E-state index contributed by atoms with van der Waals surface area (Å²) in [5.74, 6) is 0.355. The lowest BCUT2D eigenvalue weighted by molar-refractivity contribution is 0.0667. The maximum absolute atomic E-state index is 13.2. The first-order chi connectivity index (χ1) is 16.9. The number of carbonyl (C=O) groups excluding carboxylic acids is 1. The third-order valence-electron chi connectivity index (χ3n) is 6.03. The van der Waals surface area contributed by atoms with Crippen LogP contribution in [-0.4, -0.2) is 49.4 Å². The van der Waals surface area contributed by atoms with Crippen LogP contribution in [0.5, 0.6) is 5.75 Å². The Labute approximate surface area is 224 Å². The van der Waals surface area contributed by atoms with Crippen molar-refractivity contribution in [1.29, 1.82) is 0 Å². The van der Waals surface area contributed by atoms with E-state index in [0.717, 1.165) is 11.8 Å². The molecule has 0 spiro atoms. The molecule has 2 atom stereocenters. The summed E-state index contributed by atoms with van der Waals surface area (Å²) in [5.41, 5.74) is 0.708. The molecule has 8 nitrogen and oxygen atoms in total. The fourth-order valence-corrected chi connectivity index (χ4v) is 5.20. The number of nitrogens with zero attached hydrogens (tertiary/aromatic N) is 3. The molecule has 2 aromatic rings. The molecule has 11 heteroatoms. The van der Waals surface area contributed by atoms with Crippen molar-refractivity contribution in [1.82, 2.24) is 19.2 Å². The molecule has 0 radical (unpaired) electrons. The van der Waals surface area contributed by atoms with Crippen LogP contribution in [0.25, 0.3) is 0 Å². The SMILES string of the molecule is C=CCOc1cc(Cl)c(Cl)cc1C(N[S@@+]([O-])C(C)(C)C)C1CCN(C(=O)c2cn(C)c(=O)cn2)CC1. The molecular formula is C25H32Cl2N4O4S. The Hall–Kier alpha value is -2.04. The Balaban J connectivity index is 1.87. The van der Waals surface area contributed by atoms with E-state index in [1.54, 1.807) is 30.2 Å². The number of rotatable bonds is 8. The molecule has 1 saturated heterocycles. The fourth-order valence-electron chi connectivity index (χ4n) is 3.97. The van der Waals surface area contributed by atoms with Crippen LogP contribution in [-0.2, 0) is 18.4 Å². The third-order valence-corrected chi connectivity index (χ3v) is 8.33. The average Bonchev–Trinajstić information content (AvgIpc) is 2.83. The maximum Gasteiger partial charge on any atom is 0.273 e. The van der Waals surface area contributed by atoms with Crippen LogP contribution in [0.2, 0.25) is 10.0 Å². The van der Waals surface area contributed by atoms with E-state index in [1.807, 2.05) is 20.8 Å². The van der Waals surface area contributed by atoms with Gasteiger partial charge in [0.05, 0.1) is 22.3 Å². The number of carbonyl (C=O) groups is 1. The van der Waals surface area contributed by atoms with Gasteiger partial charge in [-0.1, -0.05) is 35.9 Å². The van der Waals surface area contributed by atoms with Gasteiger partial charge in [0.25, 0.3) is 11.5 Å². The van der Waals surface area contributed by atoms with Gasteiger partial charge in [-0.2, -0.15) is 0 Å². The van der Waals surface area contributed by atoms with Crippen molar-refractivity contribution in [2.75, 3.05) is 19.7 Å². The maximum atomic E-state index is 13.2. The van der Waals surface area contributed by atoms with Crippen LogP contribution in [0.3, 0.4) is 0 Å². The molecule has 0 bridgehead atoms. The second-order valence-corrected chi connectivity index (χ2v) is 12.5. The van der Waals surface area contributed by atoms with E-state index in [0.29, 0.717) is 41.7 Å². The standard InChI is InChI=1S/C25H32Cl2N4O4S/c1-6-11-35-21-13-19(27)18(26)12-17(21)23(29-36(34)25(2,3)4)16-7-9-31(10-8-16)24(33)20-15-30(5)22(32)14-28-20/h6,12-16,23,29H,1,7-11H2,2-5H3/t23?,36-/m0/s1. The Morgan fingerprint density at radius 2 is 1.97 bits per heavy atom. The number of aryl methyl sites for hydroxylation is 1. The van der Waals surface area contributed by atoms with E-state index in [4.69, 9.17) is 27.9 Å². The zero-order valence-electron chi connectivity index (χ0n) is 20.9. The first kappa shape index (κ1) is 28.5. The Kier molecular flexibility index (Phi) is 9.51. The monoisotopic (exact) mass is 554 g/mol. The highest BCUT2D eigenvalue weighted by Crippen LogP contribution is 2.41. The average molecular weight is 556 g/mol. The summed E-state index contributed by atoms with van der Waals surface area (Å²) in [4.78, 5) is 30.4. The van der Waals surface area contributed by atoms with Gasteiger partial charge in [0.15, 0.2) is 0 Å². The number of ether oxygens (including phenoxy) is 1. The predicted molar refractivity (Wildman–Crippen MR) is 144 cm³/mol. The molecule has 1 N–H and O–H groups in total. The molecular weight excluding hydrogens is 523 g/mol. The largest absolute Gasteiger partial charge is 0.598 e. The summed E-state index contributed by atoms with van der Waals surface area (Å²) in [5, 5.41) is 0.736. The number of nitrogens with one attached hydrogen (secondary N) is 1. The van der Waals surface area contributed by atoms with Gasteiger partial charge in [-0.25, -0.2) is 4.98 Å². The van der Waals surface area contributed by atoms with E-state index in [2.05, 4.69) is 16.3 Å². The fraction of sp³-hybridized carbons (Fsp3) is 0.480. The molecule has 1 unspecified atom stereocenters. The molecule has 1 amide bonds. The van der Waals surface area contributed by atoms with Gasteiger partial charge in [-0.15, -0.1) is 4.72 Å². The highest BCUT2D eigenvalue weighted by atomic mass is 35.5. The van der Waals surface area contributed by atoms with Crippen molar-refractivity contribution < 1.29 is 14.1 Å². The lowest BCUT2D eigenvalue weighted by atomic mass is 9.85. The van der Waals surface area contributed by atoms with Crippen LogP contribution >= 0.6 is 23.2 Å². The van der Waals surface area contributed by atoms with Crippen LogP contribution < -0.4 is 15.0 Å². The molecule has 36 heavy (non-hydrogen) atoms. The second kappa shape index (κ2) is 12.0. The molecule has 1 aromatic carbocycles. The predicted octanol–water partition coefficient (Wildman–Crippen LogP) is 4.30. The minimum Gasteiger partial charge on any atom is -0.598 e. The van der Waals surface area contributed by atoms with E-state index < -0.39 is 16.1 Å². The van der Waals surface area contributed by atoms with Crippen molar-refractivity contribution in [3.8, 4) is 5.75 Å². The topological polar surface area (TPSA) is 99.5 Å². The smallest absolute Gasteiger partial charge is 0.273 e. The van der Waals surface area contributed by atoms with E-state index in [1.165, 1.54) is 10.8 Å². The molecule has 0 saturated carbocycles. The number of likely N-dealkylation sites (tertiary alicyclic amines) is 1. The zero-order chi connectivity index (χ0) is 26.6. The van der Waals surface area contributed by atoms with E-state index in [-0.39, 0.29) is 35.7 Å². The summed E-state index contributed by atoms with van der Waals surface area (Å²) in [7, 11) is 1.59. The van der Waals surface area contributed by atoms with Gasteiger partial charge >= 0.3 is 0 Å². The van der Waals surface area contributed by atoms with Crippen LogP contribution in [0, 0.1) is 5.92 Å². The molecule has 1 aliphatic rings. The summed E-state index contributed by atoms with van der Waals surface area (Å²) in [6.45, 7) is 10.7. The number of piperidine rings is 1. The number of hydrogen-bond donors (Lipinski definition) is 1. The first-order valence-electron chi connectivity index (χ1n) is 11.6. The molecule has 3 rings (SSSR count). The minimum atomic E-state index is -1.37. The van der Waals surface area contributed by atoms with Gasteiger partial charge < -0.3 is 18.8 Å². The van der Waals surface area contributed by atoms with Gasteiger partial charge in [-0.3, -0.25) is 9.59 Å². The molecule has 0 aliphatic carbocycles. The molecule has 1 aromatic heterocycles. The number of benzene rings is 1. The molecule has 1 aliphatic heterocycles. The number of amides is 1. The summed E-state index contributed by atoms with van der Waals surface area (Å²) in [6, 6.07) is 3.07. The van der Waals surface area contributed by atoms with Crippen molar-refractivity contribution in [3.63, 3.8) is 0 Å². The summed E-state index contributed by atoms with van der Waals surface area (Å²) in [6.07, 6.45) is 5.54. The van der Waals surface area contributed by atoms with Gasteiger partial charge in [0.1, 0.15) is 22.8 Å². The van der Waals surface area contributed by atoms with Gasteiger partial charge in [0, 0.05) is 49.3 Å². The summed E-state index contributed by atoms with van der Waals surface area (Å²) >= 11 is 11.3. The van der Waals surface area contributed by atoms with Gasteiger partial charge in [-0.05, 0) is 45.6 Å². The highest BCUT2D eigenvalue weighted by Gasteiger charge is 2.37. The molecule has 1 fully saturated rings. The Bertz CT molecular complexity index is 1160. The molecule has 196 valence electrons. The Morgan fingerprint density at radius 3 is 2.56 bits per heavy atom. The van der Waals surface area contributed by atoms with Crippen molar-refractivity contribution in [2.24, 2.45) is 13.0 Å². The Morgan fingerprint density at radius 1 is 1.33 bits per heavy atom. The normalized spacial score (nSPS) is 16.5. The van der Waals surface area contributed by atoms with Crippen LogP contribution in [0.1, 0.15) is 55.7 Å². The van der Waals surface area contributed by atoms with Crippen LogP contribution in [0.15, 0.2) is 42.0 Å². The minimum absolute atomic E-state index is 0.0387. The van der Waals surface area contributed by atoms with Crippen molar-refractivity contribution >= 4 is 40.5 Å². The second-order valence-electron chi connectivity index (χ2n) is 9.73. The number of halogens is 2. The third kappa shape index (κ3) is 6.83.